The Kier molecular flexibility index (Phi) is 4.33. The van der Waals surface area contributed by atoms with Crippen LogP contribution in [0.3, 0.4) is 0 Å². The van der Waals surface area contributed by atoms with Gasteiger partial charge in [-0.05, 0) is 18.1 Å². The number of anilines is 1. The van der Waals surface area contributed by atoms with Gasteiger partial charge in [0.1, 0.15) is 24.3 Å². The molecule has 4 N–H and O–H groups in total. The standard InChI is InChI=1S/C10H16N2O3/c1-2-7-3-10(11)12-4-9(7)15-6-8(14)5-13/h3-4,8,13-14H,2,5-6H2,1H3,(H2,11,12)/t8-/m0/s1. The fraction of sp³-hybridized carbons (Fsp3) is 0.500. The van der Waals surface area contributed by atoms with E-state index >= 15 is 0 Å². The number of aliphatic hydroxyl groups excluding tert-OH is 2. The minimum atomic E-state index is -0.868. The number of pyridine rings is 1. The average molecular weight is 212 g/mol. The Morgan fingerprint density at radius 2 is 2.33 bits per heavy atom. The molecule has 0 aliphatic rings. The molecule has 1 aromatic heterocycles. The second kappa shape index (κ2) is 5.53. The van der Waals surface area contributed by atoms with Crippen LogP contribution < -0.4 is 10.5 Å². The van der Waals surface area contributed by atoms with Crippen LogP contribution in [-0.4, -0.2) is 34.5 Å². The van der Waals surface area contributed by atoms with Crippen LogP contribution in [0.25, 0.3) is 0 Å². The SMILES string of the molecule is CCc1cc(N)ncc1OC[C@@H](O)CO. The summed E-state index contributed by atoms with van der Waals surface area (Å²) in [5.41, 5.74) is 6.47. The second-order valence-electron chi connectivity index (χ2n) is 3.22. The summed E-state index contributed by atoms with van der Waals surface area (Å²) < 4.78 is 5.31. The lowest BCUT2D eigenvalue weighted by Gasteiger charge is -2.12. The van der Waals surface area contributed by atoms with Gasteiger partial charge in [-0.15, -0.1) is 0 Å². The van der Waals surface area contributed by atoms with E-state index in [1.54, 1.807) is 6.07 Å². The molecular formula is C10H16N2O3. The summed E-state index contributed by atoms with van der Waals surface area (Å²) in [5.74, 6) is 1.04. The van der Waals surface area contributed by atoms with Crippen LogP contribution in [0.2, 0.25) is 0 Å². The lowest BCUT2D eigenvalue weighted by Crippen LogP contribution is -2.21. The summed E-state index contributed by atoms with van der Waals surface area (Å²) in [4.78, 5) is 3.90. The number of aryl methyl sites for hydroxylation is 1. The van der Waals surface area contributed by atoms with Gasteiger partial charge >= 0.3 is 0 Å². The zero-order valence-corrected chi connectivity index (χ0v) is 8.68. The van der Waals surface area contributed by atoms with Gasteiger partial charge in [0.25, 0.3) is 0 Å². The normalized spacial score (nSPS) is 12.5. The molecule has 0 radical (unpaired) electrons. The Morgan fingerprint density at radius 3 is 2.93 bits per heavy atom. The number of hydrogen-bond donors (Lipinski definition) is 3. The van der Waals surface area contributed by atoms with Gasteiger partial charge in [0.05, 0.1) is 12.8 Å². The van der Waals surface area contributed by atoms with Crippen LogP contribution in [-0.2, 0) is 6.42 Å². The molecule has 5 heteroatoms. The van der Waals surface area contributed by atoms with Crippen molar-refractivity contribution in [1.29, 1.82) is 0 Å². The smallest absolute Gasteiger partial charge is 0.141 e. The fourth-order valence-electron chi connectivity index (χ4n) is 1.15. The Labute approximate surface area is 88.5 Å². The summed E-state index contributed by atoms with van der Waals surface area (Å²) >= 11 is 0. The van der Waals surface area contributed by atoms with Gasteiger partial charge in [-0.2, -0.15) is 0 Å². The minimum Gasteiger partial charge on any atom is -0.489 e. The number of nitrogens with two attached hydrogens (primary N) is 1. The van der Waals surface area contributed by atoms with Crippen molar-refractivity contribution < 1.29 is 14.9 Å². The molecule has 15 heavy (non-hydrogen) atoms. The molecule has 0 bridgehead atoms. The number of aliphatic hydroxyl groups is 2. The molecule has 0 spiro atoms. The molecule has 0 fully saturated rings. The molecule has 0 aromatic carbocycles. The van der Waals surface area contributed by atoms with Crippen LogP contribution in [0.5, 0.6) is 5.75 Å². The third-order valence-corrected chi connectivity index (χ3v) is 1.99. The molecular weight excluding hydrogens is 196 g/mol. The van der Waals surface area contributed by atoms with Gasteiger partial charge in [-0.1, -0.05) is 6.92 Å². The first-order valence-electron chi connectivity index (χ1n) is 4.83. The predicted octanol–water partition coefficient (Wildman–Crippen LogP) is -0.0418. The summed E-state index contributed by atoms with van der Waals surface area (Å²) in [7, 11) is 0. The maximum absolute atomic E-state index is 9.12. The number of nitrogen functional groups attached to an aromatic ring is 1. The van der Waals surface area contributed by atoms with Crippen LogP contribution in [0.1, 0.15) is 12.5 Å². The lowest BCUT2D eigenvalue weighted by atomic mass is 10.2. The van der Waals surface area contributed by atoms with Crippen molar-refractivity contribution in [3.63, 3.8) is 0 Å². The highest BCUT2D eigenvalue weighted by Gasteiger charge is 2.07. The molecule has 0 amide bonds. The van der Waals surface area contributed by atoms with Gasteiger partial charge in [0.15, 0.2) is 0 Å². The van der Waals surface area contributed by atoms with Crippen molar-refractivity contribution in [2.75, 3.05) is 18.9 Å². The number of aromatic nitrogens is 1. The zero-order chi connectivity index (χ0) is 11.3. The fourth-order valence-corrected chi connectivity index (χ4v) is 1.15. The maximum atomic E-state index is 9.12. The molecule has 0 unspecified atom stereocenters. The van der Waals surface area contributed by atoms with E-state index in [1.807, 2.05) is 6.92 Å². The van der Waals surface area contributed by atoms with Gasteiger partial charge in [0.2, 0.25) is 0 Å². The summed E-state index contributed by atoms with van der Waals surface area (Å²) in [6.45, 7) is 1.71. The molecule has 1 aromatic rings. The first kappa shape index (κ1) is 11.7. The molecule has 0 saturated carbocycles. The van der Waals surface area contributed by atoms with Crippen LogP contribution in [0.15, 0.2) is 12.3 Å². The molecule has 0 aliphatic carbocycles. The second-order valence-corrected chi connectivity index (χ2v) is 3.22. The van der Waals surface area contributed by atoms with E-state index in [9.17, 15) is 0 Å². The molecule has 1 rings (SSSR count). The highest BCUT2D eigenvalue weighted by Crippen LogP contribution is 2.19. The number of nitrogens with zero attached hydrogens (tertiary/aromatic N) is 1. The van der Waals surface area contributed by atoms with E-state index in [0.717, 1.165) is 12.0 Å². The quantitative estimate of drug-likeness (QED) is 0.637. The highest BCUT2D eigenvalue weighted by molar-refractivity contribution is 5.40. The van der Waals surface area contributed by atoms with E-state index < -0.39 is 6.10 Å². The third-order valence-electron chi connectivity index (χ3n) is 1.99. The van der Waals surface area contributed by atoms with Gasteiger partial charge in [0, 0.05) is 0 Å². The van der Waals surface area contributed by atoms with Crippen molar-refractivity contribution in [3.8, 4) is 5.75 Å². The largest absolute Gasteiger partial charge is 0.489 e. The Balaban J connectivity index is 2.67. The minimum absolute atomic E-state index is 0.0507. The molecule has 1 atom stereocenters. The van der Waals surface area contributed by atoms with E-state index in [-0.39, 0.29) is 13.2 Å². The van der Waals surface area contributed by atoms with E-state index in [4.69, 9.17) is 20.7 Å². The Hall–Kier alpha value is -1.33. The van der Waals surface area contributed by atoms with Crippen LogP contribution >= 0.6 is 0 Å². The Bertz CT molecular complexity index is 318. The molecule has 0 saturated heterocycles. The first-order chi connectivity index (χ1) is 7.17. The molecule has 5 nitrogen and oxygen atoms in total. The van der Waals surface area contributed by atoms with Crippen molar-refractivity contribution >= 4 is 5.82 Å². The molecule has 0 aliphatic heterocycles. The predicted molar refractivity (Wildman–Crippen MR) is 56.6 cm³/mol. The number of hydrogen-bond acceptors (Lipinski definition) is 5. The average Bonchev–Trinajstić information content (AvgIpc) is 2.26. The topological polar surface area (TPSA) is 88.6 Å². The monoisotopic (exact) mass is 212 g/mol. The highest BCUT2D eigenvalue weighted by atomic mass is 16.5. The zero-order valence-electron chi connectivity index (χ0n) is 8.68. The van der Waals surface area contributed by atoms with Crippen molar-refractivity contribution in [2.24, 2.45) is 0 Å². The van der Waals surface area contributed by atoms with E-state index in [1.165, 1.54) is 6.20 Å². The maximum Gasteiger partial charge on any atom is 0.141 e. The molecule has 1 heterocycles. The lowest BCUT2D eigenvalue weighted by molar-refractivity contribution is 0.0532. The van der Waals surface area contributed by atoms with Crippen LogP contribution in [0.4, 0.5) is 5.82 Å². The van der Waals surface area contributed by atoms with Gasteiger partial charge in [-0.3, -0.25) is 0 Å². The first-order valence-corrected chi connectivity index (χ1v) is 4.83. The van der Waals surface area contributed by atoms with Crippen molar-refractivity contribution in [3.05, 3.63) is 17.8 Å². The van der Waals surface area contributed by atoms with Gasteiger partial charge in [-0.25, -0.2) is 4.98 Å². The van der Waals surface area contributed by atoms with Crippen molar-refractivity contribution in [1.82, 2.24) is 4.98 Å². The summed E-state index contributed by atoms with van der Waals surface area (Å²) in [5, 5.41) is 17.7. The van der Waals surface area contributed by atoms with Gasteiger partial charge < -0.3 is 20.7 Å². The van der Waals surface area contributed by atoms with Crippen molar-refractivity contribution in [2.45, 2.75) is 19.4 Å². The molecule has 84 valence electrons. The summed E-state index contributed by atoms with van der Waals surface area (Å²) in [6, 6.07) is 1.74. The Morgan fingerprint density at radius 1 is 1.60 bits per heavy atom. The number of rotatable bonds is 5. The van der Waals surface area contributed by atoms with E-state index in [2.05, 4.69) is 4.98 Å². The van der Waals surface area contributed by atoms with E-state index in [0.29, 0.717) is 11.6 Å². The van der Waals surface area contributed by atoms with Crippen LogP contribution in [0, 0.1) is 0 Å². The number of ether oxygens (including phenoxy) is 1. The summed E-state index contributed by atoms with van der Waals surface area (Å²) in [6.07, 6.45) is 1.43. The third kappa shape index (κ3) is 3.38.